The summed E-state index contributed by atoms with van der Waals surface area (Å²) in [4.78, 5) is 44.8. The predicted octanol–water partition coefficient (Wildman–Crippen LogP) is 5.10. The van der Waals surface area contributed by atoms with Gasteiger partial charge >= 0.3 is 0 Å². The van der Waals surface area contributed by atoms with Crippen LogP contribution < -0.4 is 4.90 Å². The van der Waals surface area contributed by atoms with Gasteiger partial charge in [-0.3, -0.25) is 19.3 Å². The Balaban J connectivity index is 1.44. The fourth-order valence-corrected chi connectivity index (χ4v) is 5.05. The van der Waals surface area contributed by atoms with Crippen molar-refractivity contribution in [2.24, 2.45) is 0 Å². The van der Waals surface area contributed by atoms with E-state index in [1.54, 1.807) is 41.3 Å². The molecule has 2 aliphatic heterocycles. The predicted molar refractivity (Wildman–Crippen MR) is 151 cm³/mol. The number of aliphatic hydroxyl groups excluding tert-OH is 1. The fourth-order valence-electron chi connectivity index (χ4n) is 4.93. The lowest BCUT2D eigenvalue weighted by Crippen LogP contribution is -2.39. The standard InChI is InChI=1S/C31H30ClN3O4/c1-2-28(36)24-11-14-26-27(19-24)34(17-18-35(31(26)39)30(38)23-9-12-25(32)13-10-23)20-21-5-7-22(8-6-21)29(37)33-15-3-4-16-33/h3-14,19,28,36H,2,15-18,20H2,1H3. The number of benzene rings is 3. The highest BCUT2D eigenvalue weighted by Crippen LogP contribution is 2.31. The van der Waals surface area contributed by atoms with Crippen molar-refractivity contribution in [1.82, 2.24) is 9.80 Å². The Kier molecular flexibility index (Phi) is 7.82. The summed E-state index contributed by atoms with van der Waals surface area (Å²) in [7, 11) is 0. The number of imide groups is 1. The summed E-state index contributed by atoms with van der Waals surface area (Å²) in [6.45, 7) is 4.21. The summed E-state index contributed by atoms with van der Waals surface area (Å²) < 4.78 is 0. The van der Waals surface area contributed by atoms with Crippen molar-refractivity contribution in [3.8, 4) is 0 Å². The minimum Gasteiger partial charge on any atom is -0.388 e. The molecule has 0 fully saturated rings. The van der Waals surface area contributed by atoms with Crippen molar-refractivity contribution in [3.63, 3.8) is 0 Å². The van der Waals surface area contributed by atoms with Crippen molar-refractivity contribution in [3.05, 3.63) is 112 Å². The normalized spacial score (nSPS) is 15.8. The molecule has 1 atom stereocenters. The average molecular weight is 544 g/mol. The molecular formula is C31H30ClN3O4. The zero-order chi connectivity index (χ0) is 27.5. The minimum atomic E-state index is -0.660. The van der Waals surface area contributed by atoms with Crippen LogP contribution in [0.5, 0.6) is 0 Å². The van der Waals surface area contributed by atoms with Gasteiger partial charge in [-0.1, -0.05) is 48.9 Å². The first-order chi connectivity index (χ1) is 18.9. The molecule has 2 aliphatic rings. The summed E-state index contributed by atoms with van der Waals surface area (Å²) >= 11 is 5.99. The maximum absolute atomic E-state index is 13.7. The number of carbonyl (C=O) groups is 3. The Morgan fingerprint density at radius 3 is 2.21 bits per heavy atom. The van der Waals surface area contributed by atoms with Crippen LogP contribution in [0.1, 0.15) is 61.6 Å². The van der Waals surface area contributed by atoms with Crippen LogP contribution in [0.3, 0.4) is 0 Å². The van der Waals surface area contributed by atoms with E-state index < -0.39 is 6.10 Å². The highest BCUT2D eigenvalue weighted by atomic mass is 35.5. The number of aliphatic hydroxyl groups is 1. The van der Waals surface area contributed by atoms with Gasteiger partial charge in [-0.05, 0) is 66.1 Å². The van der Waals surface area contributed by atoms with E-state index in [0.717, 1.165) is 5.56 Å². The summed E-state index contributed by atoms with van der Waals surface area (Å²) in [6, 6.07) is 19.3. The lowest BCUT2D eigenvalue weighted by atomic mass is 10.0. The van der Waals surface area contributed by atoms with Gasteiger partial charge < -0.3 is 14.9 Å². The Bertz CT molecular complexity index is 1410. The fraction of sp³-hybridized carbons (Fsp3) is 0.258. The molecule has 1 N–H and O–H groups in total. The van der Waals surface area contributed by atoms with Crippen molar-refractivity contribution in [2.45, 2.75) is 26.0 Å². The molecule has 0 bridgehead atoms. The van der Waals surface area contributed by atoms with Crippen LogP contribution in [-0.2, 0) is 6.54 Å². The van der Waals surface area contributed by atoms with E-state index in [2.05, 4.69) is 4.90 Å². The number of anilines is 1. The molecule has 7 nitrogen and oxygen atoms in total. The third-order valence-corrected chi connectivity index (χ3v) is 7.47. The second-order valence-electron chi connectivity index (χ2n) is 9.77. The zero-order valence-corrected chi connectivity index (χ0v) is 22.5. The van der Waals surface area contributed by atoms with E-state index in [1.165, 1.54) is 4.90 Å². The number of hydrogen-bond donors (Lipinski definition) is 1. The second kappa shape index (κ2) is 11.4. The van der Waals surface area contributed by atoms with Crippen LogP contribution in [0.4, 0.5) is 5.69 Å². The summed E-state index contributed by atoms with van der Waals surface area (Å²) in [6.07, 6.45) is 3.84. The van der Waals surface area contributed by atoms with Crippen LogP contribution >= 0.6 is 11.6 Å². The van der Waals surface area contributed by atoms with Gasteiger partial charge in [0, 0.05) is 48.9 Å². The maximum atomic E-state index is 13.7. The third kappa shape index (κ3) is 5.60. The molecule has 1 unspecified atom stereocenters. The molecule has 0 saturated heterocycles. The Labute approximate surface area is 232 Å². The first kappa shape index (κ1) is 26.7. The molecule has 3 aromatic rings. The molecule has 39 heavy (non-hydrogen) atoms. The van der Waals surface area contributed by atoms with Crippen LogP contribution in [0.2, 0.25) is 5.02 Å². The molecule has 0 radical (unpaired) electrons. The van der Waals surface area contributed by atoms with Gasteiger partial charge in [0.15, 0.2) is 0 Å². The topological polar surface area (TPSA) is 81.2 Å². The van der Waals surface area contributed by atoms with Crippen molar-refractivity contribution >= 4 is 35.0 Å². The smallest absolute Gasteiger partial charge is 0.262 e. The maximum Gasteiger partial charge on any atom is 0.262 e. The lowest BCUT2D eigenvalue weighted by Gasteiger charge is -2.26. The Morgan fingerprint density at radius 2 is 1.54 bits per heavy atom. The van der Waals surface area contributed by atoms with Crippen molar-refractivity contribution in [1.29, 1.82) is 0 Å². The lowest BCUT2D eigenvalue weighted by molar-refractivity contribution is 0.0624. The molecule has 0 spiro atoms. The first-order valence-corrected chi connectivity index (χ1v) is 13.5. The second-order valence-corrected chi connectivity index (χ2v) is 10.2. The zero-order valence-electron chi connectivity index (χ0n) is 21.7. The van der Waals surface area contributed by atoms with E-state index in [9.17, 15) is 19.5 Å². The van der Waals surface area contributed by atoms with Crippen LogP contribution in [0.15, 0.2) is 78.9 Å². The molecule has 3 aromatic carbocycles. The molecule has 3 amide bonds. The number of halogens is 1. The molecule has 0 aliphatic carbocycles. The van der Waals surface area contributed by atoms with E-state index in [1.807, 2.05) is 49.4 Å². The molecule has 8 heteroatoms. The molecule has 2 heterocycles. The molecular weight excluding hydrogens is 514 g/mol. The van der Waals surface area contributed by atoms with E-state index >= 15 is 0 Å². The van der Waals surface area contributed by atoms with Gasteiger partial charge in [-0.25, -0.2) is 0 Å². The summed E-state index contributed by atoms with van der Waals surface area (Å²) in [5.41, 5.74) is 3.75. The van der Waals surface area contributed by atoms with E-state index in [0.29, 0.717) is 65.6 Å². The molecule has 0 aromatic heterocycles. The van der Waals surface area contributed by atoms with Gasteiger partial charge in [-0.2, -0.15) is 0 Å². The average Bonchev–Trinajstić information content (AvgIpc) is 3.47. The SMILES string of the molecule is CCC(O)c1ccc2c(c1)N(Cc1ccc(C(=O)N3CC=CC3)cc1)CCN(C(=O)c1ccc(Cl)cc1)C2=O. The monoisotopic (exact) mass is 543 g/mol. The van der Waals surface area contributed by atoms with E-state index in [4.69, 9.17) is 11.6 Å². The van der Waals surface area contributed by atoms with Crippen molar-refractivity contribution < 1.29 is 19.5 Å². The minimum absolute atomic E-state index is 0.00758. The number of rotatable bonds is 6. The number of hydrogen-bond acceptors (Lipinski definition) is 5. The summed E-state index contributed by atoms with van der Waals surface area (Å²) in [5.74, 6) is -0.779. The van der Waals surface area contributed by atoms with Crippen LogP contribution in [0, 0.1) is 0 Å². The number of fused-ring (bicyclic) bond motifs is 1. The van der Waals surface area contributed by atoms with Gasteiger partial charge in [-0.15, -0.1) is 0 Å². The van der Waals surface area contributed by atoms with Crippen molar-refractivity contribution in [2.75, 3.05) is 31.1 Å². The highest BCUT2D eigenvalue weighted by Gasteiger charge is 2.31. The third-order valence-electron chi connectivity index (χ3n) is 7.22. The summed E-state index contributed by atoms with van der Waals surface area (Å²) in [5, 5.41) is 11.0. The largest absolute Gasteiger partial charge is 0.388 e. The van der Waals surface area contributed by atoms with Crippen LogP contribution in [0.25, 0.3) is 0 Å². The van der Waals surface area contributed by atoms with Gasteiger partial charge in [0.2, 0.25) is 0 Å². The molecule has 0 saturated carbocycles. The van der Waals surface area contributed by atoms with Gasteiger partial charge in [0.25, 0.3) is 17.7 Å². The molecule has 200 valence electrons. The highest BCUT2D eigenvalue weighted by molar-refractivity contribution is 6.30. The van der Waals surface area contributed by atoms with Crippen LogP contribution in [-0.4, -0.2) is 58.8 Å². The Morgan fingerprint density at radius 1 is 0.897 bits per heavy atom. The van der Waals surface area contributed by atoms with Gasteiger partial charge in [0.1, 0.15) is 0 Å². The number of nitrogens with zero attached hydrogens (tertiary/aromatic N) is 3. The number of amides is 3. The van der Waals surface area contributed by atoms with Gasteiger partial charge in [0.05, 0.1) is 17.4 Å². The first-order valence-electron chi connectivity index (χ1n) is 13.1. The van der Waals surface area contributed by atoms with E-state index in [-0.39, 0.29) is 24.3 Å². The molecule has 5 rings (SSSR count). The quantitative estimate of drug-likeness (QED) is 0.346. The number of carbonyl (C=O) groups excluding carboxylic acids is 3. The Hall–Kier alpha value is -3.94.